The van der Waals surface area contributed by atoms with Crippen LogP contribution in [-0.4, -0.2) is 5.54 Å². The highest BCUT2D eigenvalue weighted by molar-refractivity contribution is 5.43. The smallest absolute Gasteiger partial charge is 0.104 e. The van der Waals surface area contributed by atoms with Crippen molar-refractivity contribution in [3.63, 3.8) is 0 Å². The molecule has 2 saturated carbocycles. The summed E-state index contributed by atoms with van der Waals surface area (Å²) < 4.78 is 5.61. The second-order valence-electron chi connectivity index (χ2n) is 5.07. The van der Waals surface area contributed by atoms with Gasteiger partial charge in [-0.3, -0.25) is 0 Å². The van der Waals surface area contributed by atoms with Crippen LogP contribution in [0.4, 0.5) is 0 Å². The summed E-state index contributed by atoms with van der Waals surface area (Å²) in [5.74, 6) is 2.10. The molecule has 0 bridgehead atoms. The molecule has 2 aliphatic rings. The van der Waals surface area contributed by atoms with Gasteiger partial charge in [0, 0.05) is 16.5 Å². The van der Waals surface area contributed by atoms with Crippen LogP contribution in [0.3, 0.4) is 0 Å². The summed E-state index contributed by atoms with van der Waals surface area (Å²) in [5.41, 5.74) is 8.13. The van der Waals surface area contributed by atoms with E-state index in [0.29, 0.717) is 0 Å². The largest absolute Gasteiger partial charge is 0.466 e. The average molecular weight is 191 g/mol. The van der Waals surface area contributed by atoms with Gasteiger partial charge in [-0.15, -0.1) is 0 Å². The number of hydrogen-bond donors (Lipinski definition) is 1. The molecule has 0 unspecified atom stereocenters. The lowest BCUT2D eigenvalue weighted by atomic mass is 9.86. The first-order chi connectivity index (χ1) is 6.57. The van der Waals surface area contributed by atoms with Gasteiger partial charge in [-0.05, 0) is 45.6 Å². The van der Waals surface area contributed by atoms with Gasteiger partial charge in [0.25, 0.3) is 0 Å². The van der Waals surface area contributed by atoms with Crippen molar-refractivity contribution in [2.45, 2.75) is 50.5 Å². The number of aryl methyl sites for hydroxylation is 2. The molecular formula is C12H17NO. The number of furan rings is 1. The minimum atomic E-state index is 0.105. The lowest BCUT2D eigenvalue weighted by Crippen LogP contribution is -2.37. The monoisotopic (exact) mass is 191 g/mol. The van der Waals surface area contributed by atoms with Gasteiger partial charge in [-0.2, -0.15) is 0 Å². The zero-order chi connectivity index (χ0) is 9.97. The minimum Gasteiger partial charge on any atom is -0.466 e. The Morgan fingerprint density at radius 1 is 1.21 bits per heavy atom. The Hall–Kier alpha value is -0.760. The zero-order valence-corrected chi connectivity index (χ0v) is 8.89. The van der Waals surface area contributed by atoms with Crippen LogP contribution in [0.1, 0.15) is 42.8 Å². The van der Waals surface area contributed by atoms with Crippen LogP contribution < -0.4 is 5.73 Å². The van der Waals surface area contributed by atoms with Gasteiger partial charge in [0.15, 0.2) is 0 Å². The van der Waals surface area contributed by atoms with E-state index in [4.69, 9.17) is 10.2 Å². The van der Waals surface area contributed by atoms with E-state index < -0.39 is 0 Å². The van der Waals surface area contributed by atoms with Gasteiger partial charge in [0.1, 0.15) is 11.5 Å². The van der Waals surface area contributed by atoms with Gasteiger partial charge in [-0.1, -0.05) is 0 Å². The van der Waals surface area contributed by atoms with Gasteiger partial charge in [0.2, 0.25) is 0 Å². The third-order valence-electron chi connectivity index (χ3n) is 4.05. The minimum absolute atomic E-state index is 0.105. The van der Waals surface area contributed by atoms with Gasteiger partial charge < -0.3 is 10.2 Å². The maximum absolute atomic E-state index is 6.36. The Bertz CT molecular complexity index is 383. The lowest BCUT2D eigenvalue weighted by Gasteiger charge is -2.22. The van der Waals surface area contributed by atoms with E-state index in [0.717, 1.165) is 11.5 Å². The predicted molar refractivity (Wildman–Crippen MR) is 55.2 cm³/mol. The second kappa shape index (κ2) is 2.25. The van der Waals surface area contributed by atoms with E-state index in [1.165, 1.54) is 31.2 Å². The first-order valence-electron chi connectivity index (χ1n) is 5.44. The van der Waals surface area contributed by atoms with Crippen molar-refractivity contribution in [3.8, 4) is 0 Å². The van der Waals surface area contributed by atoms with Crippen LogP contribution in [-0.2, 0) is 5.41 Å². The standard InChI is InChI=1S/C12H17NO/c1-8-7-10(9(2)14-8)11(3-4-11)12(13)5-6-12/h7H,3-6,13H2,1-2H3. The lowest BCUT2D eigenvalue weighted by molar-refractivity contribution is 0.467. The second-order valence-corrected chi connectivity index (χ2v) is 5.07. The Balaban J connectivity index is 2.06. The Morgan fingerprint density at radius 3 is 2.21 bits per heavy atom. The van der Waals surface area contributed by atoms with Crippen molar-refractivity contribution in [3.05, 3.63) is 23.2 Å². The highest BCUT2D eigenvalue weighted by Crippen LogP contribution is 2.64. The summed E-state index contributed by atoms with van der Waals surface area (Å²) in [6, 6.07) is 2.19. The molecule has 2 heteroatoms. The van der Waals surface area contributed by atoms with E-state index in [1.807, 2.05) is 6.92 Å². The quantitative estimate of drug-likeness (QED) is 0.779. The van der Waals surface area contributed by atoms with E-state index in [-0.39, 0.29) is 11.0 Å². The highest BCUT2D eigenvalue weighted by Gasteiger charge is 2.64. The van der Waals surface area contributed by atoms with Gasteiger partial charge >= 0.3 is 0 Å². The number of nitrogens with two attached hydrogens (primary N) is 1. The van der Waals surface area contributed by atoms with Gasteiger partial charge in [-0.25, -0.2) is 0 Å². The van der Waals surface area contributed by atoms with Crippen LogP contribution in [0.25, 0.3) is 0 Å². The number of rotatable bonds is 2. The molecule has 2 N–H and O–H groups in total. The molecule has 0 amide bonds. The maximum atomic E-state index is 6.36. The normalized spacial score (nSPS) is 26.2. The van der Waals surface area contributed by atoms with Gasteiger partial charge in [0.05, 0.1) is 0 Å². The van der Waals surface area contributed by atoms with Crippen LogP contribution in [0, 0.1) is 13.8 Å². The Kier molecular flexibility index (Phi) is 1.37. The molecule has 0 radical (unpaired) electrons. The molecule has 1 aromatic rings. The molecule has 1 heterocycles. The molecule has 0 saturated heterocycles. The van der Waals surface area contributed by atoms with Crippen LogP contribution in [0.2, 0.25) is 0 Å². The Labute approximate surface area is 84.5 Å². The van der Waals surface area contributed by atoms with E-state index in [1.54, 1.807) is 0 Å². The topological polar surface area (TPSA) is 39.2 Å². The fraction of sp³-hybridized carbons (Fsp3) is 0.667. The molecule has 76 valence electrons. The average Bonchev–Trinajstić information content (AvgIpc) is 2.97. The van der Waals surface area contributed by atoms with E-state index in [2.05, 4.69) is 13.0 Å². The van der Waals surface area contributed by atoms with E-state index >= 15 is 0 Å². The summed E-state index contributed by atoms with van der Waals surface area (Å²) >= 11 is 0. The van der Waals surface area contributed by atoms with E-state index in [9.17, 15) is 0 Å². The zero-order valence-electron chi connectivity index (χ0n) is 8.89. The predicted octanol–water partition coefficient (Wildman–Crippen LogP) is 2.42. The molecule has 0 spiro atoms. The molecule has 0 aliphatic heterocycles. The van der Waals surface area contributed by atoms with Crippen LogP contribution in [0.5, 0.6) is 0 Å². The third-order valence-corrected chi connectivity index (χ3v) is 4.05. The molecule has 0 aromatic carbocycles. The summed E-state index contributed by atoms with van der Waals surface area (Å²) in [6.07, 6.45) is 4.89. The fourth-order valence-electron chi connectivity index (χ4n) is 2.88. The molecule has 2 aliphatic carbocycles. The SMILES string of the molecule is Cc1cc(C2(C3(N)CC3)CC2)c(C)o1. The number of hydrogen-bond acceptors (Lipinski definition) is 2. The molecule has 2 fully saturated rings. The van der Waals surface area contributed by atoms with Crippen LogP contribution in [0.15, 0.2) is 10.5 Å². The summed E-state index contributed by atoms with van der Waals surface area (Å²) in [7, 11) is 0. The summed E-state index contributed by atoms with van der Waals surface area (Å²) in [4.78, 5) is 0. The molecular weight excluding hydrogens is 174 g/mol. The first-order valence-corrected chi connectivity index (χ1v) is 5.44. The highest BCUT2D eigenvalue weighted by atomic mass is 16.3. The maximum Gasteiger partial charge on any atom is 0.104 e. The summed E-state index contributed by atoms with van der Waals surface area (Å²) in [6.45, 7) is 4.08. The van der Waals surface area contributed by atoms with Crippen molar-refractivity contribution in [2.75, 3.05) is 0 Å². The first kappa shape index (κ1) is 8.54. The molecule has 1 aromatic heterocycles. The molecule has 0 atom stereocenters. The van der Waals surface area contributed by atoms with Crippen molar-refractivity contribution in [2.24, 2.45) is 5.73 Å². The molecule has 2 nitrogen and oxygen atoms in total. The molecule has 14 heavy (non-hydrogen) atoms. The summed E-state index contributed by atoms with van der Waals surface area (Å²) in [5, 5.41) is 0. The van der Waals surface area contributed by atoms with Crippen LogP contribution >= 0.6 is 0 Å². The van der Waals surface area contributed by atoms with Crippen molar-refractivity contribution < 1.29 is 4.42 Å². The van der Waals surface area contributed by atoms with Crippen molar-refractivity contribution >= 4 is 0 Å². The Morgan fingerprint density at radius 2 is 1.86 bits per heavy atom. The molecule has 3 rings (SSSR count). The fourth-order valence-corrected chi connectivity index (χ4v) is 2.88. The van der Waals surface area contributed by atoms with Crippen molar-refractivity contribution in [1.29, 1.82) is 0 Å². The third kappa shape index (κ3) is 0.897. The van der Waals surface area contributed by atoms with Crippen molar-refractivity contribution in [1.82, 2.24) is 0 Å².